The van der Waals surface area contributed by atoms with Crippen LogP contribution in [0.1, 0.15) is 50.2 Å². The Hall–Kier alpha value is -5.69. The van der Waals surface area contributed by atoms with Gasteiger partial charge in [0.25, 0.3) is 0 Å². The first-order valence-corrected chi connectivity index (χ1v) is 16.3. The van der Waals surface area contributed by atoms with E-state index in [1.54, 1.807) is 6.20 Å². The van der Waals surface area contributed by atoms with E-state index in [9.17, 15) is 0 Å². The quantitative estimate of drug-likeness (QED) is 0.140. The maximum atomic E-state index is 5.75. The molecule has 0 aliphatic rings. The molecule has 0 saturated heterocycles. The summed E-state index contributed by atoms with van der Waals surface area (Å²) >= 11 is 0. The highest BCUT2D eigenvalue weighted by molar-refractivity contribution is 5.65. The molecule has 0 bridgehead atoms. The molecule has 0 spiro atoms. The normalized spacial score (nSPS) is 9.90. The van der Waals surface area contributed by atoms with E-state index in [1.807, 2.05) is 108 Å². The van der Waals surface area contributed by atoms with Crippen molar-refractivity contribution in [1.82, 2.24) is 15.0 Å². The molecule has 0 saturated carbocycles. The van der Waals surface area contributed by atoms with Gasteiger partial charge in [-0.25, -0.2) is 9.97 Å². The lowest BCUT2D eigenvalue weighted by Crippen LogP contribution is -1.97. The highest BCUT2D eigenvalue weighted by Gasteiger charge is 2.02. The third kappa shape index (κ3) is 13.5. The minimum absolute atomic E-state index is 0.751. The van der Waals surface area contributed by atoms with Gasteiger partial charge >= 0.3 is 0 Å². The Kier molecular flexibility index (Phi) is 14.3. The molecular formula is C42H51N7. The number of nitrogens with zero attached hydrogens (tertiary/aromatic N) is 3. The molecule has 6 aromatic rings. The summed E-state index contributed by atoms with van der Waals surface area (Å²) in [6.45, 7) is 18.4. The van der Waals surface area contributed by atoms with Crippen molar-refractivity contribution in [2.24, 2.45) is 0 Å². The number of benzene rings is 3. The van der Waals surface area contributed by atoms with E-state index in [2.05, 4.69) is 83.6 Å². The lowest BCUT2D eigenvalue weighted by molar-refractivity contribution is 1.18. The summed E-state index contributed by atoms with van der Waals surface area (Å²) < 4.78 is 0. The van der Waals surface area contributed by atoms with E-state index in [4.69, 9.17) is 11.5 Å². The number of aryl methyl sites for hydroxylation is 9. The number of rotatable bonds is 4. The largest absolute Gasteiger partial charge is 0.399 e. The molecule has 3 aromatic carbocycles. The van der Waals surface area contributed by atoms with Crippen molar-refractivity contribution in [2.75, 3.05) is 22.1 Å². The molecule has 6 rings (SSSR count). The predicted molar refractivity (Wildman–Crippen MR) is 210 cm³/mol. The average Bonchev–Trinajstić information content (AvgIpc) is 3.04. The van der Waals surface area contributed by atoms with Gasteiger partial charge < -0.3 is 22.1 Å². The summed E-state index contributed by atoms with van der Waals surface area (Å²) in [5, 5.41) is 6.61. The molecular weight excluding hydrogens is 603 g/mol. The number of nitrogens with two attached hydrogens (primary N) is 2. The van der Waals surface area contributed by atoms with Crippen molar-refractivity contribution in [3.8, 4) is 0 Å². The Labute approximate surface area is 292 Å². The number of nitrogens with one attached hydrogen (secondary N) is 2. The fraction of sp³-hybridized carbons (Fsp3) is 0.214. The van der Waals surface area contributed by atoms with Gasteiger partial charge in [-0.1, -0.05) is 30.3 Å². The molecule has 0 fully saturated rings. The fourth-order valence-electron chi connectivity index (χ4n) is 4.58. The van der Waals surface area contributed by atoms with Gasteiger partial charge in [0.1, 0.15) is 11.6 Å². The van der Waals surface area contributed by atoms with E-state index >= 15 is 0 Å². The minimum atomic E-state index is 0.751. The van der Waals surface area contributed by atoms with Crippen LogP contribution in [0.4, 0.5) is 34.4 Å². The topological polar surface area (TPSA) is 115 Å². The Morgan fingerprint density at radius 1 is 0.408 bits per heavy atom. The number of anilines is 6. The van der Waals surface area contributed by atoms with Gasteiger partial charge in [-0.2, -0.15) is 0 Å². The van der Waals surface area contributed by atoms with Crippen LogP contribution in [0.3, 0.4) is 0 Å². The van der Waals surface area contributed by atoms with Crippen LogP contribution in [0.25, 0.3) is 0 Å². The second-order valence-corrected chi connectivity index (χ2v) is 12.4. The van der Waals surface area contributed by atoms with E-state index < -0.39 is 0 Å². The highest BCUT2D eigenvalue weighted by Crippen LogP contribution is 2.22. The third-order valence-electron chi connectivity index (χ3n) is 7.50. The molecule has 3 aromatic heterocycles. The van der Waals surface area contributed by atoms with Gasteiger partial charge in [-0.15, -0.1) is 0 Å². The molecule has 0 unspecified atom stereocenters. The molecule has 0 atom stereocenters. The lowest BCUT2D eigenvalue weighted by atomic mass is 10.1. The fourth-order valence-corrected chi connectivity index (χ4v) is 4.58. The highest BCUT2D eigenvalue weighted by atomic mass is 15.0. The van der Waals surface area contributed by atoms with Crippen molar-refractivity contribution < 1.29 is 0 Å². The number of hydrogen-bond acceptors (Lipinski definition) is 7. The van der Waals surface area contributed by atoms with Crippen molar-refractivity contribution in [2.45, 2.75) is 62.3 Å². The lowest BCUT2D eigenvalue weighted by Gasteiger charge is -2.10. The third-order valence-corrected chi connectivity index (χ3v) is 7.50. The Bertz CT molecular complexity index is 1840. The van der Waals surface area contributed by atoms with Crippen molar-refractivity contribution in [1.29, 1.82) is 0 Å². The first-order valence-electron chi connectivity index (χ1n) is 16.3. The van der Waals surface area contributed by atoms with Crippen LogP contribution >= 0.6 is 0 Å². The number of pyridine rings is 3. The van der Waals surface area contributed by atoms with E-state index in [-0.39, 0.29) is 0 Å². The van der Waals surface area contributed by atoms with Crippen LogP contribution in [0, 0.1) is 62.3 Å². The molecule has 0 amide bonds. The maximum absolute atomic E-state index is 5.75. The SMILES string of the molecule is Cc1ccc(C)c(N)c1.Cc1ccnc(C)c1.Cc1ccnc(Nc2cc(C)ccc2C)c1.Cc1ccnc(Nc2cc(N)ccc2C)c1. The van der Waals surface area contributed by atoms with Crippen molar-refractivity contribution in [3.05, 3.63) is 160 Å². The second-order valence-electron chi connectivity index (χ2n) is 12.4. The van der Waals surface area contributed by atoms with E-state index in [1.165, 1.54) is 33.4 Å². The summed E-state index contributed by atoms with van der Waals surface area (Å²) in [7, 11) is 0. The summed E-state index contributed by atoms with van der Waals surface area (Å²) in [5.74, 6) is 1.74. The van der Waals surface area contributed by atoms with Gasteiger partial charge in [0.2, 0.25) is 0 Å². The zero-order valence-electron chi connectivity index (χ0n) is 30.4. The predicted octanol–water partition coefficient (Wildman–Crippen LogP) is 10.4. The standard InChI is InChI=1S/C14H16N2.C13H15N3.C8H11N.C7H9N/c1-10-4-5-12(3)13(8-10)16-14-9-11(2)6-7-15-14;1-9-5-6-15-13(7-9)16-12-8-11(14)4-3-10(12)2;1-6-3-4-7(2)8(9)5-6;1-6-3-4-8-7(2)5-6/h4-9H,1-3H3,(H,15,16);3-8H,14H2,1-2H3,(H,15,16);3-5H,9H2,1-2H3;3-5H,1-2H3. The first-order chi connectivity index (χ1) is 23.3. The van der Waals surface area contributed by atoms with Crippen molar-refractivity contribution >= 4 is 34.4 Å². The Balaban J connectivity index is 0.000000185. The zero-order valence-corrected chi connectivity index (χ0v) is 30.4. The molecule has 6 N–H and O–H groups in total. The Morgan fingerprint density at radius 2 is 0.837 bits per heavy atom. The maximum Gasteiger partial charge on any atom is 0.130 e. The molecule has 49 heavy (non-hydrogen) atoms. The number of nitrogen functional groups attached to an aromatic ring is 2. The average molecular weight is 654 g/mol. The van der Waals surface area contributed by atoms with Gasteiger partial charge in [0, 0.05) is 47.0 Å². The monoisotopic (exact) mass is 653 g/mol. The smallest absolute Gasteiger partial charge is 0.130 e. The molecule has 254 valence electrons. The molecule has 0 radical (unpaired) electrons. The minimum Gasteiger partial charge on any atom is -0.399 e. The second kappa shape index (κ2) is 18.6. The van der Waals surface area contributed by atoms with Gasteiger partial charge in [-0.05, 0) is 167 Å². The molecule has 7 nitrogen and oxygen atoms in total. The van der Waals surface area contributed by atoms with Gasteiger partial charge in [0.05, 0.1) is 0 Å². The van der Waals surface area contributed by atoms with Crippen LogP contribution in [-0.2, 0) is 0 Å². The molecule has 0 aliphatic carbocycles. The van der Waals surface area contributed by atoms with Crippen LogP contribution in [0.15, 0.2) is 110 Å². The van der Waals surface area contributed by atoms with Crippen molar-refractivity contribution in [3.63, 3.8) is 0 Å². The summed E-state index contributed by atoms with van der Waals surface area (Å²) in [6, 6.07) is 30.3. The van der Waals surface area contributed by atoms with E-state index in [0.717, 1.165) is 51.2 Å². The van der Waals surface area contributed by atoms with Crippen LogP contribution in [0.2, 0.25) is 0 Å². The summed E-state index contributed by atoms with van der Waals surface area (Å²) in [5.41, 5.74) is 25.9. The van der Waals surface area contributed by atoms with Crippen LogP contribution in [-0.4, -0.2) is 15.0 Å². The molecule has 3 heterocycles. The molecule has 0 aliphatic heterocycles. The number of hydrogen-bond donors (Lipinski definition) is 4. The Morgan fingerprint density at radius 3 is 1.29 bits per heavy atom. The van der Waals surface area contributed by atoms with Gasteiger partial charge in [-0.3, -0.25) is 4.98 Å². The van der Waals surface area contributed by atoms with E-state index in [0.29, 0.717) is 0 Å². The first kappa shape index (κ1) is 37.8. The number of aromatic nitrogens is 3. The van der Waals surface area contributed by atoms with Crippen LogP contribution in [0.5, 0.6) is 0 Å². The molecule has 7 heteroatoms. The summed E-state index contributed by atoms with van der Waals surface area (Å²) in [4.78, 5) is 12.6. The van der Waals surface area contributed by atoms with Gasteiger partial charge in [0.15, 0.2) is 0 Å². The summed E-state index contributed by atoms with van der Waals surface area (Å²) in [6.07, 6.45) is 5.44. The zero-order chi connectivity index (χ0) is 35.9. The van der Waals surface area contributed by atoms with Crippen LogP contribution < -0.4 is 22.1 Å².